The summed E-state index contributed by atoms with van der Waals surface area (Å²) in [7, 11) is 0. The number of fused-ring (bicyclic) bond motifs is 1. The number of furan rings is 1. The van der Waals surface area contributed by atoms with Crippen LogP contribution in [0.15, 0.2) is 44.6 Å². The van der Waals surface area contributed by atoms with Crippen LogP contribution >= 0.6 is 11.8 Å². The van der Waals surface area contributed by atoms with Gasteiger partial charge in [-0.15, -0.1) is 10.2 Å². The lowest BCUT2D eigenvalue weighted by Gasteiger charge is -2.10. The van der Waals surface area contributed by atoms with Crippen molar-refractivity contribution in [2.75, 3.05) is 6.79 Å². The first kappa shape index (κ1) is 17.5. The standard InChI is InChI=1S/C18H17N3O5S/c1-10-13(5-6-23-10)17-20-21-18(26-17)27-11(2)16(22)19-8-12-3-4-14-15(7-12)25-9-24-14/h3-7,11H,8-9H2,1-2H3,(H,19,22)/t11-/m0/s1. The minimum absolute atomic E-state index is 0.128. The van der Waals surface area contributed by atoms with E-state index in [9.17, 15) is 4.79 Å². The maximum absolute atomic E-state index is 12.4. The lowest BCUT2D eigenvalue weighted by molar-refractivity contribution is -0.120. The molecule has 0 spiro atoms. The quantitative estimate of drug-likeness (QED) is 0.644. The summed E-state index contributed by atoms with van der Waals surface area (Å²) in [6.45, 7) is 4.22. The van der Waals surface area contributed by atoms with Gasteiger partial charge in [0.25, 0.3) is 11.1 Å². The lowest BCUT2D eigenvalue weighted by atomic mass is 10.2. The monoisotopic (exact) mass is 387 g/mol. The number of aryl methyl sites for hydroxylation is 1. The second kappa shape index (κ2) is 7.36. The summed E-state index contributed by atoms with van der Waals surface area (Å²) in [5.41, 5.74) is 1.68. The first-order valence-corrected chi connectivity index (χ1v) is 9.19. The Kier molecular flexibility index (Phi) is 4.76. The van der Waals surface area contributed by atoms with E-state index in [1.165, 1.54) is 11.8 Å². The molecule has 8 nitrogen and oxygen atoms in total. The molecule has 2 aromatic heterocycles. The third-order valence-electron chi connectivity index (χ3n) is 4.05. The Balaban J connectivity index is 1.33. The molecule has 140 valence electrons. The Bertz CT molecular complexity index is 968. The molecule has 1 N–H and O–H groups in total. The average Bonchev–Trinajstić information content (AvgIpc) is 3.39. The number of hydrogen-bond donors (Lipinski definition) is 1. The molecule has 1 aromatic carbocycles. The minimum Gasteiger partial charge on any atom is -0.469 e. The molecule has 1 amide bonds. The average molecular weight is 387 g/mol. The van der Waals surface area contributed by atoms with E-state index < -0.39 is 5.25 Å². The van der Waals surface area contributed by atoms with E-state index in [4.69, 9.17) is 18.3 Å². The zero-order valence-corrected chi connectivity index (χ0v) is 15.5. The van der Waals surface area contributed by atoms with Crippen LogP contribution in [-0.2, 0) is 11.3 Å². The van der Waals surface area contributed by atoms with E-state index in [-0.39, 0.29) is 12.7 Å². The van der Waals surface area contributed by atoms with Gasteiger partial charge in [-0.3, -0.25) is 4.79 Å². The lowest BCUT2D eigenvalue weighted by Crippen LogP contribution is -2.30. The number of aromatic nitrogens is 2. The van der Waals surface area contributed by atoms with Crippen LogP contribution in [0.5, 0.6) is 11.5 Å². The maximum Gasteiger partial charge on any atom is 0.277 e. The molecule has 0 aliphatic carbocycles. The summed E-state index contributed by atoms with van der Waals surface area (Å²) < 4.78 is 21.5. The Morgan fingerprint density at radius 3 is 2.93 bits per heavy atom. The van der Waals surface area contributed by atoms with Crippen molar-refractivity contribution >= 4 is 17.7 Å². The minimum atomic E-state index is -0.391. The second-order valence-corrected chi connectivity index (χ2v) is 7.22. The van der Waals surface area contributed by atoms with Crippen molar-refractivity contribution in [3.8, 4) is 23.0 Å². The van der Waals surface area contributed by atoms with Crippen LogP contribution in [-0.4, -0.2) is 28.1 Å². The molecule has 1 aliphatic rings. The van der Waals surface area contributed by atoms with Crippen LogP contribution in [0.3, 0.4) is 0 Å². The van der Waals surface area contributed by atoms with Gasteiger partial charge in [0, 0.05) is 6.54 Å². The Morgan fingerprint density at radius 2 is 2.11 bits per heavy atom. The third-order valence-corrected chi connectivity index (χ3v) is 4.98. The summed E-state index contributed by atoms with van der Waals surface area (Å²) in [5.74, 6) is 2.35. The molecule has 9 heteroatoms. The molecule has 0 radical (unpaired) electrons. The molecule has 1 aliphatic heterocycles. The van der Waals surface area contributed by atoms with Gasteiger partial charge in [-0.05, 0) is 37.6 Å². The van der Waals surface area contributed by atoms with Crippen LogP contribution in [0.4, 0.5) is 0 Å². The number of thioether (sulfide) groups is 1. The number of carbonyl (C=O) groups excluding carboxylic acids is 1. The molecule has 3 aromatic rings. The normalized spacial score (nSPS) is 13.6. The molecular formula is C18H17N3O5S. The van der Waals surface area contributed by atoms with Gasteiger partial charge in [0.2, 0.25) is 12.7 Å². The molecule has 0 saturated carbocycles. The summed E-state index contributed by atoms with van der Waals surface area (Å²) in [6, 6.07) is 7.35. The number of carbonyl (C=O) groups is 1. The van der Waals surface area contributed by atoms with Gasteiger partial charge >= 0.3 is 0 Å². The van der Waals surface area contributed by atoms with Gasteiger partial charge < -0.3 is 23.6 Å². The van der Waals surface area contributed by atoms with Gasteiger partial charge in [-0.2, -0.15) is 0 Å². The maximum atomic E-state index is 12.4. The third kappa shape index (κ3) is 3.77. The number of hydrogen-bond acceptors (Lipinski definition) is 8. The van der Waals surface area contributed by atoms with E-state index in [0.717, 1.165) is 11.1 Å². The highest BCUT2D eigenvalue weighted by atomic mass is 32.2. The smallest absolute Gasteiger partial charge is 0.277 e. The number of ether oxygens (including phenoxy) is 2. The molecule has 3 heterocycles. The Labute approximate surface area is 159 Å². The molecule has 0 bridgehead atoms. The molecule has 27 heavy (non-hydrogen) atoms. The molecular weight excluding hydrogens is 370 g/mol. The van der Waals surface area contributed by atoms with Crippen LogP contribution in [0.2, 0.25) is 0 Å². The van der Waals surface area contributed by atoms with Crippen molar-refractivity contribution in [2.45, 2.75) is 30.9 Å². The van der Waals surface area contributed by atoms with E-state index in [2.05, 4.69) is 15.5 Å². The van der Waals surface area contributed by atoms with Crippen LogP contribution in [0.25, 0.3) is 11.5 Å². The SMILES string of the molecule is Cc1occc1-c1nnc(S[C@@H](C)C(=O)NCc2ccc3c(c2)OCO3)o1. The Hall–Kier alpha value is -2.94. The van der Waals surface area contributed by atoms with Crippen molar-refractivity contribution in [2.24, 2.45) is 0 Å². The van der Waals surface area contributed by atoms with Gasteiger partial charge in [-0.1, -0.05) is 17.8 Å². The fourth-order valence-electron chi connectivity index (χ4n) is 2.56. The largest absolute Gasteiger partial charge is 0.469 e. The highest BCUT2D eigenvalue weighted by Gasteiger charge is 2.20. The molecule has 0 saturated heterocycles. The highest BCUT2D eigenvalue weighted by Crippen LogP contribution is 2.32. The van der Waals surface area contributed by atoms with E-state index >= 15 is 0 Å². The van der Waals surface area contributed by atoms with Gasteiger partial charge in [-0.25, -0.2) is 0 Å². The topological polar surface area (TPSA) is 99.6 Å². The van der Waals surface area contributed by atoms with E-state index in [1.54, 1.807) is 19.3 Å². The molecule has 4 rings (SSSR count). The number of rotatable bonds is 6. The molecule has 0 unspecified atom stereocenters. The predicted molar refractivity (Wildman–Crippen MR) is 96.5 cm³/mol. The van der Waals surface area contributed by atoms with E-state index in [1.807, 2.05) is 25.1 Å². The van der Waals surface area contributed by atoms with Crippen LogP contribution < -0.4 is 14.8 Å². The summed E-state index contributed by atoms with van der Waals surface area (Å²) >= 11 is 1.20. The first-order valence-electron chi connectivity index (χ1n) is 8.31. The van der Waals surface area contributed by atoms with Crippen molar-refractivity contribution in [3.63, 3.8) is 0 Å². The number of nitrogens with one attached hydrogen (secondary N) is 1. The summed E-state index contributed by atoms with van der Waals surface area (Å²) in [4.78, 5) is 12.4. The van der Waals surface area contributed by atoms with Gasteiger partial charge in [0.15, 0.2) is 11.5 Å². The number of benzene rings is 1. The van der Waals surface area contributed by atoms with Crippen molar-refractivity contribution in [3.05, 3.63) is 41.9 Å². The van der Waals surface area contributed by atoms with Gasteiger partial charge in [0.05, 0.1) is 17.1 Å². The van der Waals surface area contributed by atoms with E-state index in [0.29, 0.717) is 34.9 Å². The number of nitrogens with zero attached hydrogens (tertiary/aromatic N) is 2. The zero-order valence-electron chi connectivity index (χ0n) is 14.7. The zero-order chi connectivity index (χ0) is 18.8. The van der Waals surface area contributed by atoms with Gasteiger partial charge in [0.1, 0.15) is 5.76 Å². The van der Waals surface area contributed by atoms with Crippen LogP contribution in [0.1, 0.15) is 18.2 Å². The predicted octanol–water partition coefficient (Wildman–Crippen LogP) is 3.16. The molecule has 0 fully saturated rings. The molecule has 1 atom stereocenters. The fourth-order valence-corrected chi connectivity index (χ4v) is 3.27. The number of amides is 1. The van der Waals surface area contributed by atoms with Crippen LogP contribution in [0, 0.1) is 6.92 Å². The second-order valence-electron chi connectivity index (χ2n) is 5.93. The summed E-state index contributed by atoms with van der Waals surface area (Å²) in [5, 5.41) is 10.8. The Morgan fingerprint density at radius 1 is 1.26 bits per heavy atom. The van der Waals surface area contributed by atoms with Crippen molar-refractivity contribution in [1.82, 2.24) is 15.5 Å². The summed E-state index contributed by atoms with van der Waals surface area (Å²) in [6.07, 6.45) is 1.56. The van der Waals surface area contributed by atoms with Crippen molar-refractivity contribution in [1.29, 1.82) is 0 Å². The highest BCUT2D eigenvalue weighted by molar-refractivity contribution is 8.00. The van der Waals surface area contributed by atoms with Crippen molar-refractivity contribution < 1.29 is 23.1 Å². The first-order chi connectivity index (χ1) is 13.1. The fraction of sp³-hybridized carbons (Fsp3) is 0.278.